The topological polar surface area (TPSA) is 128 Å². The number of hydrogen-bond acceptors (Lipinski definition) is 8. The molecule has 10 nitrogen and oxygen atoms in total. The molecule has 174 valence electrons. The van der Waals surface area contributed by atoms with Crippen LogP contribution in [0.25, 0.3) is 0 Å². The Bertz CT molecular complexity index is 877. The Labute approximate surface area is 183 Å². The van der Waals surface area contributed by atoms with E-state index in [1.54, 1.807) is 31.6 Å². The Kier molecular flexibility index (Phi) is 9.76. The molecule has 0 aliphatic heterocycles. The van der Waals surface area contributed by atoms with Gasteiger partial charge in [-0.2, -0.15) is 8.42 Å². The predicted molar refractivity (Wildman–Crippen MR) is 114 cm³/mol. The van der Waals surface area contributed by atoms with Crippen molar-refractivity contribution in [2.24, 2.45) is 0 Å². The van der Waals surface area contributed by atoms with Crippen LogP contribution >= 0.6 is 0 Å². The van der Waals surface area contributed by atoms with Gasteiger partial charge in [-0.05, 0) is 38.8 Å². The third-order valence-electron chi connectivity index (χ3n) is 3.75. The molecule has 1 rings (SSSR count). The van der Waals surface area contributed by atoms with Gasteiger partial charge in [-0.15, -0.1) is 0 Å². The third-order valence-corrected chi connectivity index (χ3v) is 5.08. The molecule has 0 heterocycles. The number of rotatable bonds is 10. The fraction of sp³-hybridized carbons (Fsp3) is 0.550. The average molecular weight is 459 g/mol. The Morgan fingerprint density at radius 3 is 2.32 bits per heavy atom. The lowest BCUT2D eigenvalue weighted by molar-refractivity contribution is -0.152. The maximum absolute atomic E-state index is 13.0. The number of para-hydroxylation sites is 1. The first kappa shape index (κ1) is 26.2. The summed E-state index contributed by atoms with van der Waals surface area (Å²) < 4.78 is 43.1. The first-order valence-electron chi connectivity index (χ1n) is 9.73. The van der Waals surface area contributed by atoms with Crippen LogP contribution in [0.2, 0.25) is 0 Å². The van der Waals surface area contributed by atoms with Gasteiger partial charge in [-0.1, -0.05) is 31.5 Å². The highest BCUT2D eigenvalue weighted by molar-refractivity contribution is 7.91. The molecule has 1 N–H and O–H groups in total. The zero-order chi connectivity index (χ0) is 23.7. The number of methoxy groups -OCH3 is 1. The van der Waals surface area contributed by atoms with Crippen molar-refractivity contribution >= 4 is 33.9 Å². The number of esters is 2. The molecule has 0 unspecified atom stereocenters. The highest BCUT2D eigenvalue weighted by Crippen LogP contribution is 2.24. The quantitative estimate of drug-likeness (QED) is 0.321. The van der Waals surface area contributed by atoms with E-state index in [-0.39, 0.29) is 24.3 Å². The van der Waals surface area contributed by atoms with E-state index in [0.29, 0.717) is 10.7 Å². The van der Waals surface area contributed by atoms with Gasteiger partial charge in [-0.3, -0.25) is 9.59 Å². The van der Waals surface area contributed by atoms with Crippen LogP contribution in [0.1, 0.15) is 46.1 Å². The number of anilines is 1. The highest BCUT2D eigenvalue weighted by Gasteiger charge is 2.31. The molecular weight excluding hydrogens is 428 g/mol. The molecule has 0 saturated heterocycles. The summed E-state index contributed by atoms with van der Waals surface area (Å²) in [6, 6.07) is 6.06. The number of carbonyl (C=O) groups excluding carboxylic acids is 3. The minimum atomic E-state index is -4.57. The summed E-state index contributed by atoms with van der Waals surface area (Å²) in [5.74, 6) is -1.45. The Morgan fingerprint density at radius 2 is 1.74 bits per heavy atom. The third kappa shape index (κ3) is 9.24. The Hall–Kier alpha value is -2.82. The SMILES string of the molecule is CCCCOC(=O)NS(=O)(=O)N(CC(=O)OC(C)(C)C)c1ccccc1CC(=O)OC. The summed E-state index contributed by atoms with van der Waals surface area (Å²) in [6.45, 7) is 6.11. The zero-order valence-electron chi connectivity index (χ0n) is 18.5. The van der Waals surface area contributed by atoms with Gasteiger partial charge in [0.2, 0.25) is 0 Å². The second-order valence-electron chi connectivity index (χ2n) is 7.57. The first-order chi connectivity index (χ1) is 14.4. The first-order valence-corrected chi connectivity index (χ1v) is 11.2. The minimum absolute atomic E-state index is 0.0209. The van der Waals surface area contributed by atoms with Gasteiger partial charge >= 0.3 is 28.2 Å². The van der Waals surface area contributed by atoms with Crippen molar-refractivity contribution in [2.75, 3.05) is 24.6 Å². The molecule has 0 atom stereocenters. The molecule has 0 aliphatic carbocycles. The van der Waals surface area contributed by atoms with Gasteiger partial charge in [0.1, 0.15) is 12.1 Å². The molecule has 11 heteroatoms. The summed E-state index contributed by atoms with van der Waals surface area (Å²) in [6.07, 6.45) is -0.0930. The van der Waals surface area contributed by atoms with Crippen molar-refractivity contribution in [3.63, 3.8) is 0 Å². The van der Waals surface area contributed by atoms with Gasteiger partial charge < -0.3 is 14.2 Å². The standard InChI is InChI=1S/C20H30N2O8S/c1-6-7-12-29-19(25)21-31(26,27)22(14-18(24)30-20(2,3)4)16-11-9-8-10-15(16)13-17(23)28-5/h8-11H,6-7,12-14H2,1-5H3,(H,21,25). The molecule has 31 heavy (non-hydrogen) atoms. The molecule has 0 fully saturated rings. The van der Waals surface area contributed by atoms with E-state index in [1.165, 1.54) is 25.3 Å². The molecule has 0 bridgehead atoms. The number of hydrogen-bond donors (Lipinski definition) is 1. The molecule has 0 aromatic heterocycles. The van der Waals surface area contributed by atoms with Crippen molar-refractivity contribution in [1.82, 2.24) is 4.72 Å². The van der Waals surface area contributed by atoms with Gasteiger partial charge in [0, 0.05) is 0 Å². The number of benzene rings is 1. The maximum Gasteiger partial charge on any atom is 0.422 e. The molecular formula is C20H30N2O8S. The zero-order valence-corrected chi connectivity index (χ0v) is 19.3. The smallest absolute Gasteiger partial charge is 0.422 e. The van der Waals surface area contributed by atoms with E-state index in [9.17, 15) is 22.8 Å². The van der Waals surface area contributed by atoms with Crippen LogP contribution in [-0.4, -0.2) is 52.3 Å². The summed E-state index contributed by atoms with van der Waals surface area (Å²) >= 11 is 0. The number of unbranched alkanes of at least 4 members (excludes halogenated alkanes) is 1. The number of amides is 1. The van der Waals surface area contributed by atoms with E-state index < -0.39 is 40.4 Å². The summed E-state index contributed by atoms with van der Waals surface area (Å²) in [5, 5.41) is 0. The van der Waals surface area contributed by atoms with Crippen LogP contribution < -0.4 is 9.03 Å². The van der Waals surface area contributed by atoms with E-state index in [0.717, 1.165) is 6.42 Å². The summed E-state index contributed by atoms with van der Waals surface area (Å²) in [7, 11) is -3.37. The largest absolute Gasteiger partial charge is 0.469 e. The van der Waals surface area contributed by atoms with Crippen LogP contribution in [-0.2, 0) is 40.4 Å². The fourth-order valence-electron chi connectivity index (χ4n) is 2.42. The average Bonchev–Trinajstić information content (AvgIpc) is 2.65. The lowest BCUT2D eigenvalue weighted by Crippen LogP contribution is -2.47. The highest BCUT2D eigenvalue weighted by atomic mass is 32.2. The van der Waals surface area contributed by atoms with Crippen LogP contribution in [0.4, 0.5) is 10.5 Å². The molecule has 1 aromatic rings. The van der Waals surface area contributed by atoms with E-state index in [2.05, 4.69) is 4.74 Å². The molecule has 1 aromatic carbocycles. The second kappa shape index (κ2) is 11.5. The molecule has 0 saturated carbocycles. The van der Waals surface area contributed by atoms with E-state index in [4.69, 9.17) is 9.47 Å². The fourth-order valence-corrected chi connectivity index (χ4v) is 3.51. The summed E-state index contributed by atoms with van der Waals surface area (Å²) in [5.41, 5.74) is -0.555. The predicted octanol–water partition coefficient (Wildman–Crippen LogP) is 2.32. The molecule has 0 spiro atoms. The number of ether oxygens (including phenoxy) is 3. The van der Waals surface area contributed by atoms with Crippen molar-refractivity contribution < 1.29 is 37.0 Å². The lowest BCUT2D eigenvalue weighted by Gasteiger charge is -2.27. The van der Waals surface area contributed by atoms with Gasteiger partial charge in [0.05, 0.1) is 25.8 Å². The van der Waals surface area contributed by atoms with Crippen molar-refractivity contribution in [2.45, 2.75) is 52.6 Å². The normalized spacial score (nSPS) is 11.4. The van der Waals surface area contributed by atoms with E-state index in [1.807, 2.05) is 6.92 Å². The van der Waals surface area contributed by atoms with E-state index >= 15 is 0 Å². The van der Waals surface area contributed by atoms with Gasteiger partial charge in [-0.25, -0.2) is 13.8 Å². The van der Waals surface area contributed by atoms with Crippen molar-refractivity contribution in [3.8, 4) is 0 Å². The molecule has 1 amide bonds. The van der Waals surface area contributed by atoms with Crippen LogP contribution in [0.3, 0.4) is 0 Å². The van der Waals surface area contributed by atoms with Crippen LogP contribution in [0, 0.1) is 0 Å². The second-order valence-corrected chi connectivity index (χ2v) is 9.17. The Balaban J connectivity index is 3.28. The lowest BCUT2D eigenvalue weighted by atomic mass is 10.1. The van der Waals surface area contributed by atoms with Gasteiger partial charge in [0.15, 0.2) is 0 Å². The van der Waals surface area contributed by atoms with Crippen molar-refractivity contribution in [1.29, 1.82) is 0 Å². The van der Waals surface area contributed by atoms with Gasteiger partial charge in [0.25, 0.3) is 0 Å². The van der Waals surface area contributed by atoms with Crippen molar-refractivity contribution in [3.05, 3.63) is 29.8 Å². The van der Waals surface area contributed by atoms with Crippen LogP contribution in [0.5, 0.6) is 0 Å². The monoisotopic (exact) mass is 458 g/mol. The number of nitrogens with one attached hydrogen (secondary N) is 1. The number of nitrogens with zero attached hydrogens (tertiary/aromatic N) is 1. The molecule has 0 radical (unpaired) electrons. The number of carbonyl (C=O) groups is 3. The van der Waals surface area contributed by atoms with Crippen LogP contribution in [0.15, 0.2) is 24.3 Å². The maximum atomic E-state index is 13.0. The molecule has 0 aliphatic rings. The summed E-state index contributed by atoms with van der Waals surface area (Å²) in [4.78, 5) is 36.1. The minimum Gasteiger partial charge on any atom is -0.469 e. The Morgan fingerprint density at radius 1 is 1.10 bits per heavy atom.